The number of aromatic nitrogens is 1. The van der Waals surface area contributed by atoms with Crippen molar-refractivity contribution in [3.05, 3.63) is 66.4 Å². The average molecular weight is 467 g/mol. The quantitative estimate of drug-likeness (QED) is 0.231. The molecule has 0 bridgehead atoms. The molecule has 0 aliphatic rings. The van der Waals surface area contributed by atoms with Gasteiger partial charge in [-0.25, -0.2) is 0 Å². The van der Waals surface area contributed by atoms with Gasteiger partial charge in [-0.3, -0.25) is 4.98 Å². The minimum absolute atomic E-state index is 0.103. The van der Waals surface area contributed by atoms with Crippen molar-refractivity contribution in [1.82, 2.24) is 4.98 Å². The minimum Gasteiger partial charge on any atom is -0.256 e. The number of carbonyl (C=O) groups excluding carboxylic acids is 1. The normalized spacial score (nSPS) is 12.6. The molecule has 0 fully saturated rings. The topological polar surface area (TPSA) is 109 Å². The Hall–Kier alpha value is -2.15. The molecular formula is C19H20AsClN2O5. The Morgan fingerprint density at radius 3 is 2.54 bits per heavy atom. The summed E-state index contributed by atoms with van der Waals surface area (Å²) in [4.78, 5) is 15.1. The third kappa shape index (κ3) is 5.92. The van der Waals surface area contributed by atoms with Gasteiger partial charge >= 0.3 is 88.4 Å². The van der Waals surface area contributed by atoms with Crippen LogP contribution in [0, 0.1) is 0 Å². The fourth-order valence-electron chi connectivity index (χ4n) is 2.53. The summed E-state index contributed by atoms with van der Waals surface area (Å²) in [5.74, 6) is 0.282. The number of aryl methyl sites for hydroxylation is 1. The van der Waals surface area contributed by atoms with Gasteiger partial charge < -0.3 is 0 Å². The van der Waals surface area contributed by atoms with Gasteiger partial charge in [0.2, 0.25) is 0 Å². The van der Waals surface area contributed by atoms with E-state index in [9.17, 15) is 12.6 Å². The third-order valence-electron chi connectivity index (χ3n) is 3.73. The molecule has 9 heteroatoms. The van der Waals surface area contributed by atoms with E-state index < -0.39 is 14.2 Å². The van der Waals surface area contributed by atoms with Gasteiger partial charge in [0, 0.05) is 17.5 Å². The molecule has 1 unspecified atom stereocenters. The van der Waals surface area contributed by atoms with E-state index in [0.29, 0.717) is 5.88 Å². The number of hydrogen-bond acceptors (Lipinski definition) is 5. The largest absolute Gasteiger partial charge is 0.256 e. The summed E-state index contributed by atoms with van der Waals surface area (Å²) < 4.78 is 24.1. The van der Waals surface area contributed by atoms with E-state index in [0.717, 1.165) is 11.9 Å². The van der Waals surface area contributed by atoms with Crippen LogP contribution in [-0.4, -0.2) is 40.3 Å². The monoisotopic (exact) mass is 466 g/mol. The van der Waals surface area contributed by atoms with Crippen LogP contribution in [0.15, 0.2) is 60.8 Å². The number of alkyl halides is 1. The van der Waals surface area contributed by atoms with E-state index in [2.05, 4.69) is 20.2 Å². The fourth-order valence-corrected chi connectivity index (χ4v) is 4.41. The van der Waals surface area contributed by atoms with Crippen molar-refractivity contribution >= 4 is 52.6 Å². The molecule has 1 amide bonds. The predicted octanol–water partition coefficient (Wildman–Crippen LogP) is 2.72. The van der Waals surface area contributed by atoms with Crippen molar-refractivity contribution in [3.63, 3.8) is 0 Å². The number of benzene rings is 2. The smallest absolute Gasteiger partial charge is 0.0704 e. The number of rotatable bonds is 5. The van der Waals surface area contributed by atoms with Crippen molar-refractivity contribution in [2.75, 3.05) is 11.2 Å². The maximum Gasteiger partial charge on any atom is 0.0704 e. The minimum atomic E-state index is -4.92. The zero-order chi connectivity index (χ0) is 20.6. The van der Waals surface area contributed by atoms with E-state index in [1.54, 1.807) is 6.07 Å². The van der Waals surface area contributed by atoms with Gasteiger partial charge in [-0.05, 0) is 24.1 Å². The first-order chi connectivity index (χ1) is 13.4. The molecule has 1 aromatic heterocycles. The maximum atomic E-state index is 11.4. The Kier molecular flexibility index (Phi) is 8.23. The first kappa shape index (κ1) is 22.1. The standard InChI is InChI=1S/C11H10ClN.C8H10AsNO5/c12-7-5-9-6-8-13-11-4-2-1-3-10(9)11;1-6(11)10-8-5-3-2-4-7(8)9(12,13)15-14/h1-4,6,8H,5,7H2;2-5,14H,1H3,(H,10,11)(H,12,13). The Bertz CT molecular complexity index is 993. The second kappa shape index (κ2) is 10.4. The summed E-state index contributed by atoms with van der Waals surface area (Å²) in [6.07, 6.45) is 2.74. The molecular weight excluding hydrogens is 447 g/mol. The van der Waals surface area contributed by atoms with Crippen molar-refractivity contribution in [2.24, 2.45) is 0 Å². The predicted molar refractivity (Wildman–Crippen MR) is 109 cm³/mol. The molecule has 3 aromatic rings. The van der Waals surface area contributed by atoms with E-state index >= 15 is 0 Å². The summed E-state index contributed by atoms with van der Waals surface area (Å²) >= 11 is 0.792. The second-order valence-electron chi connectivity index (χ2n) is 5.73. The molecule has 3 N–H and O–H groups in total. The van der Waals surface area contributed by atoms with Gasteiger partial charge in [0.25, 0.3) is 0 Å². The van der Waals surface area contributed by atoms with Gasteiger partial charge in [-0.1, -0.05) is 18.2 Å². The Balaban J connectivity index is 0.000000202. The summed E-state index contributed by atoms with van der Waals surface area (Å²) in [7, 11) is 0. The van der Waals surface area contributed by atoms with Crippen LogP contribution in [0.1, 0.15) is 12.5 Å². The Morgan fingerprint density at radius 1 is 1.18 bits per heavy atom. The van der Waals surface area contributed by atoms with Crippen LogP contribution >= 0.6 is 11.6 Å². The summed E-state index contributed by atoms with van der Waals surface area (Å²) in [5, 5.41) is 11.9. The van der Waals surface area contributed by atoms with Crippen molar-refractivity contribution in [1.29, 1.82) is 0 Å². The first-order valence-corrected chi connectivity index (χ1v) is 12.1. The van der Waals surface area contributed by atoms with E-state index in [1.165, 1.54) is 36.1 Å². The molecule has 28 heavy (non-hydrogen) atoms. The van der Waals surface area contributed by atoms with E-state index in [4.69, 9.17) is 16.9 Å². The molecule has 0 saturated carbocycles. The molecule has 1 atom stereocenters. The van der Waals surface area contributed by atoms with Crippen LogP contribution in [0.3, 0.4) is 0 Å². The number of hydrogen-bond donors (Lipinski definition) is 3. The summed E-state index contributed by atoms with van der Waals surface area (Å²) in [5.41, 5.74) is 2.48. The number of amides is 1. The number of para-hydroxylation sites is 2. The number of nitrogens with zero attached hydrogens (tertiary/aromatic N) is 1. The number of pyridine rings is 1. The van der Waals surface area contributed by atoms with Crippen LogP contribution in [0.25, 0.3) is 10.9 Å². The number of nitrogens with one attached hydrogen (secondary N) is 1. The van der Waals surface area contributed by atoms with Crippen molar-refractivity contribution in [3.8, 4) is 0 Å². The van der Waals surface area contributed by atoms with Crippen LogP contribution < -0.4 is 9.67 Å². The average Bonchev–Trinajstić information content (AvgIpc) is 2.69. The zero-order valence-corrected chi connectivity index (χ0v) is 17.7. The molecule has 0 saturated heterocycles. The Labute approximate surface area is 170 Å². The van der Waals surface area contributed by atoms with E-state index in [-0.39, 0.29) is 15.9 Å². The fraction of sp³-hybridized carbons (Fsp3) is 0.158. The molecule has 0 spiro atoms. The number of carbonyl (C=O) groups is 1. The molecule has 2 aromatic carbocycles. The SMILES string of the molecule is CC(=O)Nc1ccccc1[As](=O)(O)OO.ClCCc1ccnc2ccccc12. The molecule has 0 aliphatic heterocycles. The van der Waals surface area contributed by atoms with Crippen LogP contribution in [0.5, 0.6) is 0 Å². The van der Waals surface area contributed by atoms with Crippen LogP contribution in [0.4, 0.5) is 5.69 Å². The number of fused-ring (bicyclic) bond motifs is 1. The first-order valence-electron chi connectivity index (χ1n) is 8.30. The molecule has 148 valence electrons. The summed E-state index contributed by atoms with van der Waals surface area (Å²) in [6, 6.07) is 16.0. The van der Waals surface area contributed by atoms with Crippen molar-refractivity contribution < 1.29 is 21.8 Å². The van der Waals surface area contributed by atoms with Crippen LogP contribution in [-0.2, 0) is 18.8 Å². The summed E-state index contributed by atoms with van der Waals surface area (Å²) in [6.45, 7) is 1.27. The molecule has 0 radical (unpaired) electrons. The van der Waals surface area contributed by atoms with Gasteiger partial charge in [0.05, 0.1) is 5.52 Å². The van der Waals surface area contributed by atoms with Gasteiger partial charge in [0.15, 0.2) is 0 Å². The second-order valence-corrected chi connectivity index (χ2v) is 9.64. The molecule has 3 rings (SSSR count). The molecule has 7 nitrogen and oxygen atoms in total. The van der Waals surface area contributed by atoms with Gasteiger partial charge in [-0.2, -0.15) is 0 Å². The third-order valence-corrected chi connectivity index (χ3v) is 6.48. The van der Waals surface area contributed by atoms with E-state index in [1.807, 2.05) is 30.5 Å². The molecule has 0 aliphatic carbocycles. The van der Waals surface area contributed by atoms with Crippen LogP contribution in [0.2, 0.25) is 0 Å². The number of anilines is 1. The maximum absolute atomic E-state index is 11.4. The number of halogens is 1. The Morgan fingerprint density at radius 2 is 1.86 bits per heavy atom. The zero-order valence-electron chi connectivity index (χ0n) is 15.1. The van der Waals surface area contributed by atoms with Crippen molar-refractivity contribution in [2.45, 2.75) is 13.3 Å². The van der Waals surface area contributed by atoms with Gasteiger partial charge in [0.1, 0.15) is 0 Å². The van der Waals surface area contributed by atoms with Gasteiger partial charge in [-0.15, -0.1) is 11.6 Å². The molecule has 1 heterocycles.